The van der Waals surface area contributed by atoms with E-state index < -0.39 is 28.5 Å². The third kappa shape index (κ3) is 9.20. The van der Waals surface area contributed by atoms with Crippen molar-refractivity contribution in [2.45, 2.75) is 51.5 Å². The van der Waals surface area contributed by atoms with Gasteiger partial charge in [-0.25, -0.2) is 8.42 Å². The smallest absolute Gasteiger partial charge is 0.264 e. The third-order valence-corrected chi connectivity index (χ3v) is 9.33. The standard InChI is InChI=1S/C37H43N3O5S/c1-5-35(37(42)38-26-28(2)3)39(25-24-30-12-8-6-9-13-30)36(41)27-40(46(43,44)34-22-16-29(4)17-23-34)31-18-20-33(21-19-31)45-32-14-10-7-11-15-32/h6-23,28,35H,5,24-27H2,1-4H3,(H,38,42). The Morgan fingerprint density at radius 2 is 1.39 bits per heavy atom. The van der Waals surface area contributed by atoms with Gasteiger partial charge < -0.3 is 15.0 Å². The van der Waals surface area contributed by atoms with E-state index in [2.05, 4.69) is 5.32 Å². The highest BCUT2D eigenvalue weighted by Crippen LogP contribution is 2.28. The van der Waals surface area contributed by atoms with Crippen LogP contribution in [-0.2, 0) is 26.0 Å². The van der Waals surface area contributed by atoms with Crippen molar-refractivity contribution in [2.75, 3.05) is 23.9 Å². The van der Waals surface area contributed by atoms with Gasteiger partial charge in [0, 0.05) is 13.1 Å². The van der Waals surface area contributed by atoms with Crippen LogP contribution in [0.25, 0.3) is 0 Å². The fourth-order valence-electron chi connectivity index (χ4n) is 4.99. The number of aryl methyl sites for hydroxylation is 1. The topological polar surface area (TPSA) is 96.0 Å². The summed E-state index contributed by atoms with van der Waals surface area (Å²) in [6.45, 7) is 7.97. The van der Waals surface area contributed by atoms with Gasteiger partial charge in [-0.05, 0) is 79.8 Å². The van der Waals surface area contributed by atoms with E-state index >= 15 is 0 Å². The van der Waals surface area contributed by atoms with Gasteiger partial charge in [0.15, 0.2) is 0 Å². The van der Waals surface area contributed by atoms with Crippen LogP contribution in [0.2, 0.25) is 0 Å². The van der Waals surface area contributed by atoms with Gasteiger partial charge >= 0.3 is 0 Å². The van der Waals surface area contributed by atoms with E-state index in [1.165, 1.54) is 17.0 Å². The van der Waals surface area contributed by atoms with Gasteiger partial charge in [-0.15, -0.1) is 0 Å². The molecule has 0 heterocycles. The van der Waals surface area contributed by atoms with Crippen LogP contribution in [-0.4, -0.2) is 50.8 Å². The van der Waals surface area contributed by atoms with E-state index in [-0.39, 0.29) is 23.3 Å². The van der Waals surface area contributed by atoms with Crippen LogP contribution in [0.5, 0.6) is 11.5 Å². The molecule has 1 unspecified atom stereocenters. The van der Waals surface area contributed by atoms with E-state index in [1.54, 1.807) is 36.4 Å². The van der Waals surface area contributed by atoms with Crippen LogP contribution in [0.4, 0.5) is 5.69 Å². The van der Waals surface area contributed by atoms with Crippen LogP contribution in [0.15, 0.2) is 114 Å². The van der Waals surface area contributed by atoms with Gasteiger partial charge in [-0.3, -0.25) is 13.9 Å². The van der Waals surface area contributed by atoms with Crippen LogP contribution in [0.1, 0.15) is 38.3 Å². The first kappa shape index (κ1) is 34.2. The highest BCUT2D eigenvalue weighted by Gasteiger charge is 2.33. The highest BCUT2D eigenvalue weighted by atomic mass is 32.2. The second kappa shape index (κ2) is 16.1. The van der Waals surface area contributed by atoms with Crippen LogP contribution in [0.3, 0.4) is 0 Å². The maximum Gasteiger partial charge on any atom is 0.264 e. The van der Waals surface area contributed by atoms with Gasteiger partial charge in [0.2, 0.25) is 11.8 Å². The molecular formula is C37H43N3O5S. The second-order valence-electron chi connectivity index (χ2n) is 11.6. The van der Waals surface area contributed by atoms with Crippen molar-refractivity contribution in [3.63, 3.8) is 0 Å². The summed E-state index contributed by atoms with van der Waals surface area (Å²) in [6.07, 6.45) is 0.886. The zero-order valence-corrected chi connectivity index (χ0v) is 27.7. The molecule has 0 aliphatic heterocycles. The molecule has 242 valence electrons. The summed E-state index contributed by atoms with van der Waals surface area (Å²) >= 11 is 0. The first-order valence-electron chi connectivity index (χ1n) is 15.6. The lowest BCUT2D eigenvalue weighted by molar-refractivity contribution is -0.139. The predicted octanol–water partition coefficient (Wildman–Crippen LogP) is 6.60. The molecule has 0 saturated carbocycles. The number of amides is 2. The number of rotatable bonds is 15. The Balaban J connectivity index is 1.68. The Bertz CT molecular complexity index is 1660. The molecule has 4 aromatic rings. The molecule has 2 amide bonds. The molecule has 0 aliphatic rings. The van der Waals surface area contributed by atoms with Gasteiger partial charge in [0.1, 0.15) is 24.1 Å². The van der Waals surface area contributed by atoms with Crippen LogP contribution >= 0.6 is 0 Å². The summed E-state index contributed by atoms with van der Waals surface area (Å²) < 4.78 is 35.3. The largest absolute Gasteiger partial charge is 0.457 e. The molecule has 0 fully saturated rings. The Morgan fingerprint density at radius 3 is 1.98 bits per heavy atom. The Hall–Kier alpha value is -4.63. The number of nitrogens with one attached hydrogen (secondary N) is 1. The lowest BCUT2D eigenvalue weighted by Gasteiger charge is -2.33. The number of hydrogen-bond donors (Lipinski definition) is 1. The molecule has 0 spiro atoms. The molecular weight excluding hydrogens is 598 g/mol. The maximum absolute atomic E-state index is 14.2. The van der Waals surface area contributed by atoms with Crippen molar-refractivity contribution in [3.05, 3.63) is 120 Å². The van der Waals surface area contributed by atoms with Crippen LogP contribution in [0, 0.1) is 12.8 Å². The van der Waals surface area contributed by atoms with Crippen molar-refractivity contribution >= 4 is 27.5 Å². The molecule has 1 atom stereocenters. The lowest BCUT2D eigenvalue weighted by Crippen LogP contribution is -2.53. The average molecular weight is 642 g/mol. The van der Waals surface area contributed by atoms with Crippen molar-refractivity contribution in [1.29, 1.82) is 0 Å². The summed E-state index contributed by atoms with van der Waals surface area (Å²) in [4.78, 5) is 29.2. The number of para-hydroxylation sites is 1. The number of nitrogens with zero attached hydrogens (tertiary/aromatic N) is 2. The minimum atomic E-state index is -4.17. The molecule has 4 aromatic carbocycles. The number of benzene rings is 4. The fraction of sp³-hybridized carbons (Fsp3) is 0.297. The molecule has 0 aliphatic carbocycles. The molecule has 8 nitrogen and oxygen atoms in total. The zero-order valence-electron chi connectivity index (χ0n) is 26.9. The van der Waals surface area contributed by atoms with Crippen molar-refractivity contribution < 1.29 is 22.7 Å². The molecule has 46 heavy (non-hydrogen) atoms. The van der Waals surface area contributed by atoms with Crippen molar-refractivity contribution in [1.82, 2.24) is 10.2 Å². The summed E-state index contributed by atoms with van der Waals surface area (Å²) in [7, 11) is -4.17. The Labute approximate surface area is 273 Å². The highest BCUT2D eigenvalue weighted by molar-refractivity contribution is 7.92. The van der Waals surface area contributed by atoms with Crippen molar-refractivity contribution in [3.8, 4) is 11.5 Å². The van der Waals surface area contributed by atoms with E-state index in [0.717, 1.165) is 15.4 Å². The number of carbonyl (C=O) groups is 2. The molecule has 0 bridgehead atoms. The lowest BCUT2D eigenvalue weighted by atomic mass is 10.1. The Kier molecular flexibility index (Phi) is 12.0. The van der Waals surface area contributed by atoms with E-state index in [1.807, 2.05) is 88.4 Å². The monoisotopic (exact) mass is 641 g/mol. The first-order valence-corrected chi connectivity index (χ1v) is 17.1. The van der Waals surface area contributed by atoms with Gasteiger partial charge in [0.05, 0.1) is 10.6 Å². The normalized spacial score (nSPS) is 11.9. The molecule has 0 aromatic heterocycles. The van der Waals surface area contributed by atoms with Gasteiger partial charge in [0.25, 0.3) is 10.0 Å². The molecule has 1 N–H and O–H groups in total. The molecule has 9 heteroatoms. The average Bonchev–Trinajstić information content (AvgIpc) is 3.06. The Morgan fingerprint density at radius 1 is 0.804 bits per heavy atom. The SMILES string of the molecule is CCC(C(=O)NCC(C)C)N(CCc1ccccc1)C(=O)CN(c1ccc(Oc2ccccc2)cc1)S(=O)(=O)c1ccc(C)cc1. The van der Waals surface area contributed by atoms with E-state index in [0.29, 0.717) is 36.6 Å². The number of sulfonamides is 1. The number of hydrogen-bond acceptors (Lipinski definition) is 5. The van der Waals surface area contributed by atoms with Crippen LogP contribution < -0.4 is 14.4 Å². The molecule has 0 radical (unpaired) electrons. The van der Waals surface area contributed by atoms with E-state index in [9.17, 15) is 18.0 Å². The van der Waals surface area contributed by atoms with Crippen molar-refractivity contribution in [2.24, 2.45) is 5.92 Å². The summed E-state index contributed by atoms with van der Waals surface area (Å²) in [5.41, 5.74) is 2.22. The third-order valence-electron chi connectivity index (χ3n) is 7.55. The summed E-state index contributed by atoms with van der Waals surface area (Å²) in [6, 6.07) is 31.3. The summed E-state index contributed by atoms with van der Waals surface area (Å²) in [5, 5.41) is 2.96. The predicted molar refractivity (Wildman–Crippen MR) is 182 cm³/mol. The second-order valence-corrected chi connectivity index (χ2v) is 13.5. The minimum absolute atomic E-state index is 0.0630. The van der Waals surface area contributed by atoms with Gasteiger partial charge in [-0.2, -0.15) is 0 Å². The number of ether oxygens (including phenoxy) is 1. The fourth-order valence-corrected chi connectivity index (χ4v) is 6.40. The molecule has 0 saturated heterocycles. The zero-order chi connectivity index (χ0) is 33.1. The number of carbonyl (C=O) groups excluding carboxylic acids is 2. The van der Waals surface area contributed by atoms with Gasteiger partial charge in [-0.1, -0.05) is 87.0 Å². The minimum Gasteiger partial charge on any atom is -0.457 e. The first-order chi connectivity index (χ1) is 22.1. The quantitative estimate of drug-likeness (QED) is 0.158. The van der Waals surface area contributed by atoms with E-state index in [4.69, 9.17) is 4.74 Å². The number of anilines is 1. The molecule has 4 rings (SSSR count). The maximum atomic E-state index is 14.2. The summed E-state index contributed by atoms with van der Waals surface area (Å²) in [5.74, 6) is 0.672.